The van der Waals surface area contributed by atoms with E-state index in [0.29, 0.717) is 5.56 Å². The lowest BCUT2D eigenvalue weighted by atomic mass is 9.99. The second kappa shape index (κ2) is 8.50. The zero-order valence-electron chi connectivity index (χ0n) is 17.4. The van der Waals surface area contributed by atoms with Crippen LogP contribution in [0.4, 0.5) is 0 Å². The summed E-state index contributed by atoms with van der Waals surface area (Å²) in [5, 5.41) is 69.2. The fraction of sp³-hybridized carbons (Fsp3) is 0.273. The summed E-state index contributed by atoms with van der Waals surface area (Å²) in [5.74, 6) is -3.93. The van der Waals surface area contributed by atoms with Gasteiger partial charge in [0.15, 0.2) is 23.0 Å². The first kappa shape index (κ1) is 23.3. The number of fused-ring (bicyclic) bond motifs is 1. The van der Waals surface area contributed by atoms with Crippen molar-refractivity contribution in [2.24, 2.45) is 0 Å². The third-order valence-electron chi connectivity index (χ3n) is 5.50. The van der Waals surface area contributed by atoms with Gasteiger partial charge in [-0.1, -0.05) is 0 Å². The molecule has 4 rings (SSSR count). The molecule has 0 unspecified atom stereocenters. The molecular formula is C22H20O12. The normalized spacial score (nSPS) is 24.8. The van der Waals surface area contributed by atoms with E-state index in [4.69, 9.17) is 13.9 Å². The van der Waals surface area contributed by atoms with Gasteiger partial charge < -0.3 is 49.6 Å². The Labute approximate surface area is 190 Å². The first-order chi connectivity index (χ1) is 16.0. The Morgan fingerprint density at radius 3 is 2.24 bits per heavy atom. The van der Waals surface area contributed by atoms with E-state index in [1.165, 1.54) is 31.2 Å². The summed E-state index contributed by atoms with van der Waals surface area (Å²) in [6.45, 7) is 1.36. The van der Waals surface area contributed by atoms with Crippen molar-refractivity contribution in [1.82, 2.24) is 0 Å². The fourth-order valence-electron chi connectivity index (χ4n) is 3.67. The number of phenolic OH excluding ortho intramolecular Hbond substituents is 3. The van der Waals surface area contributed by atoms with Crippen LogP contribution >= 0.6 is 0 Å². The minimum Gasteiger partial charge on any atom is -0.508 e. The molecule has 3 aromatic rings. The maximum Gasteiger partial charge on any atom is 0.335 e. The Kier molecular flexibility index (Phi) is 5.83. The Bertz CT molecular complexity index is 1310. The van der Waals surface area contributed by atoms with Gasteiger partial charge >= 0.3 is 5.97 Å². The number of carboxylic acid groups (broad SMARTS) is 1. The van der Waals surface area contributed by atoms with Crippen LogP contribution in [0.3, 0.4) is 0 Å². The van der Waals surface area contributed by atoms with Crippen LogP contribution in [0, 0.1) is 6.92 Å². The molecule has 0 bridgehead atoms. The third-order valence-corrected chi connectivity index (χ3v) is 5.50. The summed E-state index contributed by atoms with van der Waals surface area (Å²) < 4.78 is 16.2. The van der Waals surface area contributed by atoms with Crippen molar-refractivity contribution < 1.29 is 54.4 Å². The summed E-state index contributed by atoms with van der Waals surface area (Å²) in [6.07, 6.45) is -9.70. The molecule has 12 nitrogen and oxygen atoms in total. The van der Waals surface area contributed by atoms with E-state index in [1.807, 2.05) is 0 Å². The average molecular weight is 476 g/mol. The molecule has 0 aliphatic carbocycles. The lowest BCUT2D eigenvalue weighted by Crippen LogP contribution is -2.61. The largest absolute Gasteiger partial charge is 0.508 e. The molecule has 0 radical (unpaired) electrons. The molecule has 1 fully saturated rings. The molecule has 34 heavy (non-hydrogen) atoms. The highest BCUT2D eigenvalue weighted by Gasteiger charge is 2.48. The molecular weight excluding hydrogens is 456 g/mol. The van der Waals surface area contributed by atoms with Gasteiger partial charge in [-0.3, -0.25) is 4.79 Å². The number of ether oxygens (including phenoxy) is 2. The van der Waals surface area contributed by atoms with E-state index in [-0.39, 0.29) is 28.0 Å². The van der Waals surface area contributed by atoms with Crippen molar-refractivity contribution in [1.29, 1.82) is 0 Å². The molecule has 0 saturated carbocycles. The van der Waals surface area contributed by atoms with Crippen LogP contribution in [0.15, 0.2) is 39.5 Å². The number of hydrogen-bond acceptors (Lipinski definition) is 11. The van der Waals surface area contributed by atoms with E-state index in [2.05, 4.69) is 0 Å². The van der Waals surface area contributed by atoms with Crippen LogP contribution in [-0.4, -0.2) is 72.4 Å². The fourth-order valence-corrected chi connectivity index (χ4v) is 3.67. The van der Waals surface area contributed by atoms with Gasteiger partial charge in [0.25, 0.3) is 0 Å². The number of rotatable bonds is 4. The maximum absolute atomic E-state index is 12.7. The molecule has 2 heterocycles. The van der Waals surface area contributed by atoms with E-state index in [0.717, 1.165) is 6.07 Å². The second-order valence-corrected chi connectivity index (χ2v) is 7.73. The molecule has 180 valence electrons. The summed E-state index contributed by atoms with van der Waals surface area (Å²) in [6, 6.07) is 6.79. The predicted octanol–water partition coefficient (Wildman–Crippen LogP) is 0.156. The molecule has 5 atom stereocenters. The molecule has 0 spiro atoms. The molecule has 0 amide bonds. The Hall–Kier alpha value is -3.84. The number of aryl methyl sites for hydroxylation is 1. The lowest BCUT2D eigenvalue weighted by molar-refractivity contribution is -0.271. The van der Waals surface area contributed by atoms with E-state index >= 15 is 0 Å². The molecule has 7 N–H and O–H groups in total. The third kappa shape index (κ3) is 3.78. The van der Waals surface area contributed by atoms with Crippen LogP contribution in [0.1, 0.15) is 5.56 Å². The molecule has 1 aromatic heterocycles. The van der Waals surface area contributed by atoms with Crippen molar-refractivity contribution in [3.05, 3.63) is 46.1 Å². The van der Waals surface area contributed by atoms with Crippen LogP contribution in [0.2, 0.25) is 0 Å². The van der Waals surface area contributed by atoms with Crippen LogP contribution in [0.25, 0.3) is 22.3 Å². The van der Waals surface area contributed by atoms with Gasteiger partial charge in [0, 0.05) is 17.2 Å². The minimum absolute atomic E-state index is 0.0145. The topological polar surface area (TPSA) is 207 Å². The zero-order valence-corrected chi connectivity index (χ0v) is 17.4. The van der Waals surface area contributed by atoms with Crippen LogP contribution < -0.4 is 10.2 Å². The number of aliphatic hydroxyl groups excluding tert-OH is 3. The SMILES string of the molecule is Cc1c(O[C@@H]2O[C@H](C(=O)O)[C@@H](O)[C@H](O)[C@H]2O)c(O)c(O)c2c(=O)cc(-c3ccc(O)cc3)oc12. The van der Waals surface area contributed by atoms with Gasteiger partial charge in [-0.15, -0.1) is 0 Å². The van der Waals surface area contributed by atoms with Crippen molar-refractivity contribution in [3.63, 3.8) is 0 Å². The number of phenols is 3. The number of aliphatic carboxylic acids is 1. The van der Waals surface area contributed by atoms with Gasteiger partial charge in [-0.25, -0.2) is 4.79 Å². The second-order valence-electron chi connectivity index (χ2n) is 7.73. The first-order valence-electron chi connectivity index (χ1n) is 9.92. The van der Waals surface area contributed by atoms with Crippen LogP contribution in [0.5, 0.6) is 23.0 Å². The number of carbonyl (C=O) groups is 1. The van der Waals surface area contributed by atoms with Gasteiger partial charge in [-0.2, -0.15) is 0 Å². The molecule has 1 aliphatic rings. The van der Waals surface area contributed by atoms with E-state index in [1.54, 1.807) is 0 Å². The Morgan fingerprint density at radius 1 is 0.971 bits per heavy atom. The highest BCUT2D eigenvalue weighted by molar-refractivity contribution is 5.92. The predicted molar refractivity (Wildman–Crippen MR) is 113 cm³/mol. The van der Waals surface area contributed by atoms with Crippen LogP contribution in [-0.2, 0) is 9.53 Å². The highest BCUT2D eigenvalue weighted by Crippen LogP contribution is 2.45. The summed E-state index contributed by atoms with van der Waals surface area (Å²) in [4.78, 5) is 24.0. The zero-order chi connectivity index (χ0) is 24.9. The number of hydrogen-bond donors (Lipinski definition) is 7. The molecule has 1 saturated heterocycles. The Morgan fingerprint density at radius 2 is 1.62 bits per heavy atom. The quantitative estimate of drug-likeness (QED) is 0.251. The number of aliphatic hydroxyl groups is 3. The van der Waals surface area contributed by atoms with E-state index < -0.39 is 59.4 Å². The van der Waals surface area contributed by atoms with E-state index in [9.17, 15) is 45.3 Å². The maximum atomic E-state index is 12.7. The summed E-state index contributed by atoms with van der Waals surface area (Å²) in [7, 11) is 0. The van der Waals surface area contributed by atoms with Gasteiger partial charge in [0.05, 0.1) is 0 Å². The Balaban J connectivity index is 1.82. The number of benzene rings is 2. The van der Waals surface area contributed by atoms with Gasteiger partial charge in [0.1, 0.15) is 40.8 Å². The lowest BCUT2D eigenvalue weighted by Gasteiger charge is -2.38. The summed E-state index contributed by atoms with van der Waals surface area (Å²) >= 11 is 0. The summed E-state index contributed by atoms with van der Waals surface area (Å²) in [5.41, 5.74) is -0.503. The van der Waals surface area contributed by atoms with Gasteiger partial charge in [-0.05, 0) is 31.2 Å². The van der Waals surface area contributed by atoms with Crippen molar-refractivity contribution in [2.45, 2.75) is 37.6 Å². The smallest absolute Gasteiger partial charge is 0.335 e. The number of aromatic hydroxyl groups is 3. The van der Waals surface area contributed by atoms with Crippen molar-refractivity contribution in [3.8, 4) is 34.3 Å². The molecule has 2 aromatic carbocycles. The minimum atomic E-state index is -1.96. The highest BCUT2D eigenvalue weighted by atomic mass is 16.7. The molecule has 12 heteroatoms. The average Bonchev–Trinajstić information content (AvgIpc) is 2.80. The molecule has 1 aliphatic heterocycles. The first-order valence-corrected chi connectivity index (χ1v) is 9.92. The number of carboxylic acids is 1. The van der Waals surface area contributed by atoms with Crippen molar-refractivity contribution >= 4 is 16.9 Å². The standard InChI is InChI=1S/C22H20O12/c1-7-18-12(10(24)6-11(32-18)8-2-4-9(23)5-3-8)13(25)15(27)19(7)33-22-17(29)14(26)16(28)20(34-22)21(30)31/h2-6,14,16-17,20,22-23,25-29H,1H3,(H,30,31)/t14-,16-,17+,20-,22+/m0/s1. The van der Waals surface area contributed by atoms with Gasteiger partial charge in [0.2, 0.25) is 12.0 Å². The van der Waals surface area contributed by atoms with Crippen molar-refractivity contribution in [2.75, 3.05) is 0 Å². The monoisotopic (exact) mass is 476 g/mol.